The third kappa shape index (κ3) is 4.80. The Morgan fingerprint density at radius 2 is 2.04 bits per heavy atom. The number of ether oxygens (including phenoxy) is 2. The molecule has 2 N–H and O–H groups in total. The first-order chi connectivity index (χ1) is 11.1. The summed E-state index contributed by atoms with van der Waals surface area (Å²) in [4.78, 5) is 15.8. The summed E-state index contributed by atoms with van der Waals surface area (Å²) in [5, 5.41) is 5.12. The molecule has 0 atom stereocenters. The van der Waals surface area contributed by atoms with Crippen molar-refractivity contribution in [1.29, 1.82) is 0 Å². The molecular weight excluding hydrogens is 308 g/mol. The molecule has 1 aromatic carbocycles. The molecule has 0 aliphatic heterocycles. The standard InChI is InChI=1S/C15H15F2N3O3/c1-22-13-11(6-4-8-18-13)20-15(21)19-9-10-5-2-3-7-12(10)23-14(16)17/h2-8,14H,9H2,1H3,(H2,19,20,21). The lowest BCUT2D eigenvalue weighted by Crippen LogP contribution is -2.28. The van der Waals surface area contributed by atoms with E-state index in [0.717, 1.165) is 0 Å². The zero-order chi connectivity index (χ0) is 16.7. The van der Waals surface area contributed by atoms with Crippen molar-refractivity contribution in [2.45, 2.75) is 13.2 Å². The minimum absolute atomic E-state index is 0.0155. The highest BCUT2D eigenvalue weighted by atomic mass is 19.3. The number of hydrogen-bond donors (Lipinski definition) is 2. The second kappa shape index (κ2) is 7.92. The van der Waals surface area contributed by atoms with Crippen LogP contribution in [0.15, 0.2) is 42.6 Å². The van der Waals surface area contributed by atoms with E-state index in [1.807, 2.05) is 0 Å². The normalized spacial score (nSPS) is 10.3. The van der Waals surface area contributed by atoms with Crippen molar-refractivity contribution in [3.05, 3.63) is 48.2 Å². The Morgan fingerprint density at radius 3 is 2.78 bits per heavy atom. The monoisotopic (exact) mass is 323 g/mol. The van der Waals surface area contributed by atoms with E-state index in [0.29, 0.717) is 11.3 Å². The highest BCUT2D eigenvalue weighted by Gasteiger charge is 2.11. The smallest absolute Gasteiger partial charge is 0.387 e. The Bertz CT molecular complexity index is 668. The predicted molar refractivity (Wildman–Crippen MR) is 79.7 cm³/mol. The van der Waals surface area contributed by atoms with Gasteiger partial charge in [0.1, 0.15) is 11.4 Å². The summed E-state index contributed by atoms with van der Waals surface area (Å²) in [6.07, 6.45) is 1.53. The topological polar surface area (TPSA) is 72.5 Å². The zero-order valence-electron chi connectivity index (χ0n) is 12.3. The maximum Gasteiger partial charge on any atom is 0.387 e. The van der Waals surface area contributed by atoms with Crippen molar-refractivity contribution in [2.75, 3.05) is 12.4 Å². The van der Waals surface area contributed by atoms with Crippen LogP contribution in [0.2, 0.25) is 0 Å². The molecular formula is C15H15F2N3O3. The van der Waals surface area contributed by atoms with Gasteiger partial charge in [-0.3, -0.25) is 0 Å². The number of carbonyl (C=O) groups excluding carboxylic acids is 1. The number of nitrogens with zero attached hydrogens (tertiary/aromatic N) is 1. The van der Waals surface area contributed by atoms with Crippen LogP contribution in [0.4, 0.5) is 19.3 Å². The summed E-state index contributed by atoms with van der Waals surface area (Å²) >= 11 is 0. The fraction of sp³-hybridized carbons (Fsp3) is 0.200. The number of hydrogen-bond acceptors (Lipinski definition) is 4. The molecule has 0 radical (unpaired) electrons. The number of urea groups is 1. The molecule has 0 aliphatic rings. The van der Waals surface area contributed by atoms with Crippen molar-refractivity contribution >= 4 is 11.7 Å². The number of pyridine rings is 1. The van der Waals surface area contributed by atoms with Gasteiger partial charge in [0.05, 0.1) is 7.11 Å². The summed E-state index contributed by atoms with van der Waals surface area (Å²) < 4.78 is 34.1. The van der Waals surface area contributed by atoms with E-state index in [9.17, 15) is 13.6 Å². The molecule has 6 nitrogen and oxygen atoms in total. The number of anilines is 1. The van der Waals surface area contributed by atoms with E-state index in [2.05, 4.69) is 20.4 Å². The average molecular weight is 323 g/mol. The van der Waals surface area contributed by atoms with Crippen molar-refractivity contribution in [3.63, 3.8) is 0 Å². The van der Waals surface area contributed by atoms with Crippen LogP contribution in [0.5, 0.6) is 11.6 Å². The number of amides is 2. The molecule has 122 valence electrons. The second-order valence-electron chi connectivity index (χ2n) is 4.35. The van der Waals surface area contributed by atoms with E-state index in [4.69, 9.17) is 4.74 Å². The molecule has 0 saturated heterocycles. The van der Waals surface area contributed by atoms with Gasteiger partial charge in [-0.2, -0.15) is 8.78 Å². The third-order valence-corrected chi connectivity index (χ3v) is 2.84. The molecule has 0 fully saturated rings. The first kappa shape index (κ1) is 16.5. The first-order valence-corrected chi connectivity index (χ1v) is 6.66. The number of alkyl halides is 2. The molecule has 1 heterocycles. The number of benzene rings is 1. The highest BCUT2D eigenvalue weighted by molar-refractivity contribution is 5.90. The van der Waals surface area contributed by atoms with E-state index in [1.54, 1.807) is 30.3 Å². The second-order valence-corrected chi connectivity index (χ2v) is 4.35. The van der Waals surface area contributed by atoms with E-state index in [1.165, 1.54) is 19.4 Å². The summed E-state index contributed by atoms with van der Waals surface area (Å²) in [6, 6.07) is 8.97. The van der Waals surface area contributed by atoms with Gasteiger partial charge in [0.25, 0.3) is 0 Å². The maximum atomic E-state index is 12.3. The quantitative estimate of drug-likeness (QED) is 0.857. The van der Waals surface area contributed by atoms with Crippen molar-refractivity contribution < 1.29 is 23.0 Å². The fourth-order valence-electron chi connectivity index (χ4n) is 1.85. The van der Waals surface area contributed by atoms with Gasteiger partial charge in [-0.25, -0.2) is 9.78 Å². The van der Waals surface area contributed by atoms with Crippen LogP contribution in [0, 0.1) is 0 Å². The van der Waals surface area contributed by atoms with Crippen LogP contribution >= 0.6 is 0 Å². The van der Waals surface area contributed by atoms with Crippen LogP contribution in [0.3, 0.4) is 0 Å². The number of methoxy groups -OCH3 is 1. The number of para-hydroxylation sites is 1. The largest absolute Gasteiger partial charge is 0.480 e. The first-order valence-electron chi connectivity index (χ1n) is 6.66. The van der Waals surface area contributed by atoms with Crippen LogP contribution in [0.1, 0.15) is 5.56 Å². The van der Waals surface area contributed by atoms with E-state index in [-0.39, 0.29) is 18.2 Å². The van der Waals surface area contributed by atoms with Gasteiger partial charge in [-0.1, -0.05) is 18.2 Å². The van der Waals surface area contributed by atoms with Gasteiger partial charge >= 0.3 is 12.6 Å². The van der Waals surface area contributed by atoms with Crippen molar-refractivity contribution in [1.82, 2.24) is 10.3 Å². The van der Waals surface area contributed by atoms with E-state index < -0.39 is 12.6 Å². The van der Waals surface area contributed by atoms with Crippen LogP contribution in [-0.2, 0) is 6.54 Å². The summed E-state index contributed by atoms with van der Waals surface area (Å²) in [6.45, 7) is -2.90. The number of carbonyl (C=O) groups is 1. The molecule has 0 bridgehead atoms. The molecule has 0 unspecified atom stereocenters. The van der Waals surface area contributed by atoms with Crippen molar-refractivity contribution in [2.24, 2.45) is 0 Å². The summed E-state index contributed by atoms with van der Waals surface area (Å²) in [5.41, 5.74) is 0.825. The number of aromatic nitrogens is 1. The fourth-order valence-corrected chi connectivity index (χ4v) is 1.85. The minimum Gasteiger partial charge on any atom is -0.480 e. The average Bonchev–Trinajstić information content (AvgIpc) is 2.54. The van der Waals surface area contributed by atoms with Crippen molar-refractivity contribution in [3.8, 4) is 11.6 Å². The third-order valence-electron chi connectivity index (χ3n) is 2.84. The van der Waals surface area contributed by atoms with E-state index >= 15 is 0 Å². The Kier molecular flexibility index (Phi) is 5.67. The highest BCUT2D eigenvalue weighted by Crippen LogP contribution is 2.21. The van der Waals surface area contributed by atoms with Gasteiger partial charge in [0, 0.05) is 18.3 Å². The molecule has 8 heteroatoms. The molecule has 0 aliphatic carbocycles. The molecule has 0 saturated carbocycles. The van der Waals surface area contributed by atoms with Gasteiger partial charge < -0.3 is 20.1 Å². The van der Waals surface area contributed by atoms with Gasteiger partial charge in [0.15, 0.2) is 0 Å². The number of halogens is 2. The van der Waals surface area contributed by atoms with Crippen LogP contribution < -0.4 is 20.1 Å². The Labute approximate surface area is 131 Å². The van der Waals surface area contributed by atoms with Gasteiger partial charge in [-0.05, 0) is 18.2 Å². The van der Waals surface area contributed by atoms with Gasteiger partial charge in [-0.15, -0.1) is 0 Å². The predicted octanol–water partition coefficient (Wildman–Crippen LogP) is 3.01. The molecule has 0 spiro atoms. The lowest BCUT2D eigenvalue weighted by Gasteiger charge is -2.12. The Morgan fingerprint density at radius 1 is 1.26 bits per heavy atom. The summed E-state index contributed by atoms with van der Waals surface area (Å²) in [7, 11) is 1.43. The van der Waals surface area contributed by atoms with Crippen LogP contribution in [-0.4, -0.2) is 24.7 Å². The number of nitrogens with one attached hydrogen (secondary N) is 2. The van der Waals surface area contributed by atoms with Gasteiger partial charge in [0.2, 0.25) is 5.88 Å². The molecule has 2 aromatic rings. The maximum absolute atomic E-state index is 12.3. The summed E-state index contributed by atoms with van der Waals surface area (Å²) in [5.74, 6) is 0.283. The molecule has 1 aromatic heterocycles. The zero-order valence-corrected chi connectivity index (χ0v) is 12.3. The lowest BCUT2D eigenvalue weighted by atomic mass is 10.2. The Hall–Kier alpha value is -2.90. The SMILES string of the molecule is COc1ncccc1NC(=O)NCc1ccccc1OC(F)F. The molecule has 2 amide bonds. The van der Waals surface area contributed by atoms with Crippen LogP contribution in [0.25, 0.3) is 0 Å². The Balaban J connectivity index is 1.97. The number of rotatable bonds is 6. The molecule has 23 heavy (non-hydrogen) atoms. The lowest BCUT2D eigenvalue weighted by molar-refractivity contribution is -0.0504. The minimum atomic E-state index is -2.93. The molecule has 2 rings (SSSR count).